The standard InChI is InChI=1S/C14H15ClO5/c1-19-13(18)6-3-9-20-14-10(7-8-12(16)17)4-2-5-11(14)15/h2,4-5,7-8H,3,6,9H2,1H3,(H,16,17)/b8-7+. The van der Waals surface area contributed by atoms with Crippen LogP contribution in [0.25, 0.3) is 6.08 Å². The molecule has 0 radical (unpaired) electrons. The van der Waals surface area contributed by atoms with Gasteiger partial charge in [0.2, 0.25) is 0 Å². The molecule has 0 aromatic heterocycles. The predicted octanol–water partition coefficient (Wildman–Crippen LogP) is 2.77. The lowest BCUT2D eigenvalue weighted by Crippen LogP contribution is -2.05. The first kappa shape index (κ1) is 16.0. The van der Waals surface area contributed by atoms with Crippen molar-refractivity contribution in [3.8, 4) is 5.75 Å². The molecule has 0 heterocycles. The number of carbonyl (C=O) groups is 2. The lowest BCUT2D eigenvalue weighted by Gasteiger charge is -2.10. The van der Waals surface area contributed by atoms with Gasteiger partial charge < -0.3 is 14.6 Å². The minimum atomic E-state index is -1.05. The van der Waals surface area contributed by atoms with Crippen molar-refractivity contribution in [2.24, 2.45) is 0 Å². The van der Waals surface area contributed by atoms with Gasteiger partial charge in [0.15, 0.2) is 0 Å². The summed E-state index contributed by atoms with van der Waals surface area (Å²) in [4.78, 5) is 21.5. The lowest BCUT2D eigenvalue weighted by molar-refractivity contribution is -0.140. The fraction of sp³-hybridized carbons (Fsp3) is 0.286. The average Bonchev–Trinajstić information content (AvgIpc) is 2.42. The molecule has 0 aliphatic carbocycles. The highest BCUT2D eigenvalue weighted by Gasteiger charge is 2.07. The molecule has 1 N–H and O–H groups in total. The van der Waals surface area contributed by atoms with Crippen molar-refractivity contribution >= 4 is 29.6 Å². The zero-order chi connectivity index (χ0) is 15.0. The summed E-state index contributed by atoms with van der Waals surface area (Å²) in [6.45, 7) is 0.284. The van der Waals surface area contributed by atoms with E-state index in [1.54, 1.807) is 18.2 Å². The molecule has 6 heteroatoms. The smallest absolute Gasteiger partial charge is 0.328 e. The van der Waals surface area contributed by atoms with Crippen LogP contribution in [0.1, 0.15) is 18.4 Å². The third kappa shape index (κ3) is 5.32. The number of halogens is 1. The molecular weight excluding hydrogens is 284 g/mol. The summed E-state index contributed by atoms with van der Waals surface area (Å²) < 4.78 is 10.0. The van der Waals surface area contributed by atoms with E-state index in [9.17, 15) is 9.59 Å². The van der Waals surface area contributed by atoms with Gasteiger partial charge in [0, 0.05) is 18.1 Å². The van der Waals surface area contributed by atoms with Crippen LogP contribution in [0.2, 0.25) is 5.02 Å². The normalized spacial score (nSPS) is 10.5. The van der Waals surface area contributed by atoms with Crippen molar-refractivity contribution in [2.75, 3.05) is 13.7 Å². The van der Waals surface area contributed by atoms with Crippen LogP contribution in [0, 0.1) is 0 Å². The van der Waals surface area contributed by atoms with Gasteiger partial charge in [0.05, 0.1) is 18.7 Å². The second-order valence-electron chi connectivity index (χ2n) is 3.86. The lowest BCUT2D eigenvalue weighted by atomic mass is 10.2. The zero-order valence-electron chi connectivity index (χ0n) is 11.0. The number of carbonyl (C=O) groups excluding carboxylic acids is 1. The molecule has 0 aliphatic rings. The number of aliphatic carboxylic acids is 1. The Morgan fingerprint density at radius 3 is 2.80 bits per heavy atom. The molecule has 1 rings (SSSR count). The monoisotopic (exact) mass is 298 g/mol. The van der Waals surface area contributed by atoms with Gasteiger partial charge in [-0.15, -0.1) is 0 Å². The average molecular weight is 299 g/mol. The van der Waals surface area contributed by atoms with Gasteiger partial charge in [-0.1, -0.05) is 23.7 Å². The maximum absolute atomic E-state index is 11.0. The van der Waals surface area contributed by atoms with Crippen LogP contribution < -0.4 is 4.74 Å². The molecule has 5 nitrogen and oxygen atoms in total. The van der Waals surface area contributed by atoms with Crippen molar-refractivity contribution in [3.63, 3.8) is 0 Å². The first-order valence-electron chi connectivity index (χ1n) is 5.93. The topological polar surface area (TPSA) is 72.8 Å². The van der Waals surface area contributed by atoms with Crippen molar-refractivity contribution in [2.45, 2.75) is 12.8 Å². The number of hydrogen-bond acceptors (Lipinski definition) is 4. The van der Waals surface area contributed by atoms with Gasteiger partial charge in [0.1, 0.15) is 5.75 Å². The molecule has 1 aromatic carbocycles. The van der Waals surface area contributed by atoms with E-state index < -0.39 is 5.97 Å². The molecule has 0 saturated heterocycles. The van der Waals surface area contributed by atoms with E-state index in [-0.39, 0.29) is 19.0 Å². The first-order valence-corrected chi connectivity index (χ1v) is 6.31. The second kappa shape index (κ2) is 8.22. The van der Waals surface area contributed by atoms with Gasteiger partial charge in [-0.05, 0) is 18.6 Å². The Hall–Kier alpha value is -2.01. The van der Waals surface area contributed by atoms with E-state index in [0.29, 0.717) is 22.8 Å². The number of rotatable bonds is 7. The van der Waals surface area contributed by atoms with Gasteiger partial charge in [-0.3, -0.25) is 4.79 Å². The molecule has 0 unspecified atom stereocenters. The molecule has 0 fully saturated rings. The molecule has 108 valence electrons. The SMILES string of the molecule is COC(=O)CCCOc1c(Cl)cccc1/C=C/C(=O)O. The molecule has 0 amide bonds. The summed E-state index contributed by atoms with van der Waals surface area (Å²) in [6.07, 6.45) is 3.15. The molecule has 0 atom stereocenters. The van der Waals surface area contributed by atoms with Crippen LogP contribution in [-0.4, -0.2) is 30.8 Å². The van der Waals surface area contributed by atoms with Crippen LogP contribution in [0.15, 0.2) is 24.3 Å². The Morgan fingerprint density at radius 2 is 2.15 bits per heavy atom. The van der Waals surface area contributed by atoms with E-state index >= 15 is 0 Å². The molecule has 0 bridgehead atoms. The van der Waals surface area contributed by atoms with Crippen LogP contribution in [0.4, 0.5) is 0 Å². The highest BCUT2D eigenvalue weighted by Crippen LogP contribution is 2.29. The number of methoxy groups -OCH3 is 1. The summed E-state index contributed by atoms with van der Waals surface area (Å²) >= 11 is 6.02. The molecular formula is C14H15ClO5. The molecule has 1 aromatic rings. The predicted molar refractivity (Wildman–Crippen MR) is 74.9 cm³/mol. The molecule has 20 heavy (non-hydrogen) atoms. The summed E-state index contributed by atoms with van der Waals surface area (Å²) in [5.74, 6) is -0.961. The largest absolute Gasteiger partial charge is 0.491 e. The van der Waals surface area contributed by atoms with E-state index in [1.807, 2.05) is 0 Å². The van der Waals surface area contributed by atoms with Crippen LogP contribution in [-0.2, 0) is 14.3 Å². The van der Waals surface area contributed by atoms with Crippen molar-refractivity contribution < 1.29 is 24.2 Å². The number of ether oxygens (including phenoxy) is 2. The maximum atomic E-state index is 11.0. The fourth-order valence-corrected chi connectivity index (χ4v) is 1.70. The quantitative estimate of drug-likeness (QED) is 0.476. The molecule has 0 aliphatic heterocycles. The van der Waals surface area contributed by atoms with Gasteiger partial charge >= 0.3 is 11.9 Å². The van der Waals surface area contributed by atoms with Gasteiger partial charge in [-0.2, -0.15) is 0 Å². The van der Waals surface area contributed by atoms with Gasteiger partial charge in [-0.25, -0.2) is 4.79 Å². The highest BCUT2D eigenvalue weighted by molar-refractivity contribution is 6.32. The number of carboxylic acid groups (broad SMARTS) is 1. The number of benzene rings is 1. The van der Waals surface area contributed by atoms with Crippen LogP contribution >= 0.6 is 11.6 Å². The van der Waals surface area contributed by atoms with E-state index in [2.05, 4.69) is 4.74 Å². The summed E-state index contributed by atoms with van der Waals surface area (Å²) in [6, 6.07) is 5.04. The molecule has 0 spiro atoms. The van der Waals surface area contributed by atoms with Gasteiger partial charge in [0.25, 0.3) is 0 Å². The minimum Gasteiger partial charge on any atom is -0.491 e. The van der Waals surface area contributed by atoms with Crippen molar-refractivity contribution in [3.05, 3.63) is 34.9 Å². The zero-order valence-corrected chi connectivity index (χ0v) is 11.7. The number of carboxylic acids is 1. The summed E-state index contributed by atoms with van der Waals surface area (Å²) in [7, 11) is 1.33. The number of esters is 1. The third-order valence-electron chi connectivity index (χ3n) is 2.40. The van der Waals surface area contributed by atoms with Crippen molar-refractivity contribution in [1.82, 2.24) is 0 Å². The van der Waals surface area contributed by atoms with E-state index in [0.717, 1.165) is 6.08 Å². The Kier molecular flexibility index (Phi) is 6.59. The summed E-state index contributed by atoms with van der Waals surface area (Å²) in [5, 5.41) is 9.01. The van der Waals surface area contributed by atoms with E-state index in [1.165, 1.54) is 13.2 Å². The number of para-hydroxylation sites is 1. The first-order chi connectivity index (χ1) is 9.54. The van der Waals surface area contributed by atoms with Crippen LogP contribution in [0.5, 0.6) is 5.75 Å². The maximum Gasteiger partial charge on any atom is 0.328 e. The van der Waals surface area contributed by atoms with E-state index in [4.69, 9.17) is 21.4 Å². The fourth-order valence-electron chi connectivity index (χ4n) is 1.46. The minimum absolute atomic E-state index is 0.251. The Balaban J connectivity index is 2.68. The Morgan fingerprint density at radius 1 is 1.40 bits per heavy atom. The van der Waals surface area contributed by atoms with Crippen LogP contribution in [0.3, 0.4) is 0 Å². The van der Waals surface area contributed by atoms with Crippen molar-refractivity contribution in [1.29, 1.82) is 0 Å². The Bertz CT molecular complexity index is 510. The third-order valence-corrected chi connectivity index (χ3v) is 2.70. The number of hydrogen-bond donors (Lipinski definition) is 1. The highest BCUT2D eigenvalue weighted by atomic mass is 35.5. The molecule has 0 saturated carbocycles. The summed E-state index contributed by atoms with van der Waals surface area (Å²) in [5.41, 5.74) is 0.568. The Labute approximate surface area is 121 Å². The second-order valence-corrected chi connectivity index (χ2v) is 4.27.